The van der Waals surface area contributed by atoms with Gasteiger partial charge in [0.15, 0.2) is 0 Å². The van der Waals surface area contributed by atoms with Crippen LogP contribution in [0.25, 0.3) is 0 Å². The summed E-state index contributed by atoms with van der Waals surface area (Å²) >= 11 is -2.06. The van der Waals surface area contributed by atoms with Gasteiger partial charge in [0, 0.05) is 0 Å². The fraction of sp³-hybridized carbons (Fsp3) is 0.316. The molecule has 0 bridgehead atoms. The van der Waals surface area contributed by atoms with Gasteiger partial charge in [0.2, 0.25) is 0 Å². The number of nitrogens with zero attached hydrogens (tertiary/aromatic N) is 1. The molecule has 1 aliphatic rings. The standard InChI is InChI=1S/C16H13FNO.3CH3.Sn/c17-11-14-15(12-7-3-1-4-8-12)19-16(18-14)13-9-5-2-6-10-13;;;;/h2-10,14-15H,11H2;3*1H3;/t14-,15-;;;;/m1..../s1. The molecule has 23 heavy (non-hydrogen) atoms. The van der Waals surface area contributed by atoms with Crippen LogP contribution in [0.5, 0.6) is 0 Å². The Morgan fingerprint density at radius 1 is 1.00 bits per heavy atom. The Kier molecular flexibility index (Phi) is 4.76. The zero-order valence-electron chi connectivity index (χ0n) is 13.8. The number of hydrogen-bond donors (Lipinski definition) is 0. The number of halogens is 1. The molecule has 2 aromatic rings. The first-order chi connectivity index (χ1) is 11.0. The van der Waals surface area contributed by atoms with Gasteiger partial charge in [0.05, 0.1) is 0 Å². The zero-order valence-corrected chi connectivity index (χ0v) is 16.6. The predicted octanol–water partition coefficient (Wildman–Crippen LogP) is 4.09. The van der Waals surface area contributed by atoms with E-state index >= 15 is 0 Å². The minimum atomic E-state index is -2.06. The molecule has 0 aromatic heterocycles. The zero-order chi connectivity index (χ0) is 16.4. The van der Waals surface area contributed by atoms with Gasteiger partial charge in [-0.2, -0.15) is 0 Å². The summed E-state index contributed by atoms with van der Waals surface area (Å²) in [4.78, 5) is 11.6. The van der Waals surface area contributed by atoms with Crippen LogP contribution in [0.2, 0.25) is 14.8 Å². The summed E-state index contributed by atoms with van der Waals surface area (Å²) in [7, 11) is 0. The number of ether oxygens (including phenoxy) is 1. The van der Waals surface area contributed by atoms with Crippen LogP contribution in [-0.4, -0.2) is 37.0 Å². The van der Waals surface area contributed by atoms with E-state index in [1.54, 1.807) is 0 Å². The van der Waals surface area contributed by atoms with Gasteiger partial charge in [-0.3, -0.25) is 0 Å². The van der Waals surface area contributed by atoms with E-state index in [0.29, 0.717) is 5.90 Å². The van der Waals surface area contributed by atoms with E-state index in [0.717, 1.165) is 11.1 Å². The Morgan fingerprint density at radius 2 is 1.65 bits per heavy atom. The van der Waals surface area contributed by atoms with Crippen molar-refractivity contribution in [3.63, 3.8) is 0 Å². The molecular formula is C19H22FNOSn. The van der Waals surface area contributed by atoms with Crippen molar-refractivity contribution in [2.45, 2.75) is 27.0 Å². The third-order valence-corrected chi connectivity index (χ3v) is 10.1. The van der Waals surface area contributed by atoms with Gasteiger partial charge < -0.3 is 0 Å². The van der Waals surface area contributed by atoms with E-state index in [9.17, 15) is 4.39 Å². The van der Waals surface area contributed by atoms with Crippen molar-refractivity contribution >= 4 is 27.9 Å². The Hall–Kier alpha value is -1.36. The molecule has 0 aliphatic carbocycles. The first-order valence-corrected chi connectivity index (χ1v) is 17.9. The fourth-order valence-corrected chi connectivity index (χ4v) is 6.08. The molecule has 4 heteroatoms. The van der Waals surface area contributed by atoms with Crippen molar-refractivity contribution in [2.75, 3.05) is 6.67 Å². The van der Waals surface area contributed by atoms with Crippen molar-refractivity contribution < 1.29 is 9.13 Å². The van der Waals surface area contributed by atoms with Crippen molar-refractivity contribution in [1.29, 1.82) is 0 Å². The molecule has 0 fully saturated rings. The van der Waals surface area contributed by atoms with Crippen molar-refractivity contribution in [3.05, 3.63) is 65.7 Å². The van der Waals surface area contributed by atoms with E-state index in [1.807, 2.05) is 30.3 Å². The number of benzene rings is 2. The first-order valence-electron chi connectivity index (χ1n) is 7.95. The van der Waals surface area contributed by atoms with E-state index in [1.165, 1.54) is 3.58 Å². The maximum atomic E-state index is 13.4. The summed E-state index contributed by atoms with van der Waals surface area (Å²) < 4.78 is 20.9. The Morgan fingerprint density at radius 3 is 2.22 bits per heavy atom. The van der Waals surface area contributed by atoms with E-state index in [4.69, 9.17) is 4.74 Å². The molecular weight excluding hydrogens is 396 g/mol. The summed E-state index contributed by atoms with van der Waals surface area (Å²) in [6.45, 7) is -0.513. The van der Waals surface area contributed by atoms with Gasteiger partial charge in [-0.1, -0.05) is 0 Å². The van der Waals surface area contributed by atoms with Crippen LogP contribution in [0.1, 0.15) is 17.2 Å². The normalized spacial score (nSPS) is 21.0. The summed E-state index contributed by atoms with van der Waals surface area (Å²) in [5.74, 6) is 0.539. The van der Waals surface area contributed by atoms with Crippen LogP contribution in [0.3, 0.4) is 0 Å². The molecule has 0 saturated heterocycles. The molecule has 0 N–H and O–H groups in total. The molecule has 0 unspecified atom stereocenters. The average molecular weight is 418 g/mol. The van der Waals surface area contributed by atoms with Crippen LogP contribution in [0.15, 0.2) is 59.6 Å². The van der Waals surface area contributed by atoms with Gasteiger partial charge >= 0.3 is 141 Å². The van der Waals surface area contributed by atoms with Crippen molar-refractivity contribution in [1.82, 2.24) is 0 Å². The van der Waals surface area contributed by atoms with Crippen molar-refractivity contribution in [2.24, 2.45) is 4.99 Å². The van der Waals surface area contributed by atoms with Gasteiger partial charge in [0.25, 0.3) is 0 Å². The summed E-state index contributed by atoms with van der Waals surface area (Å²) in [6.07, 6.45) is -0.334. The second kappa shape index (κ2) is 6.63. The van der Waals surface area contributed by atoms with E-state index < -0.39 is 31.1 Å². The molecule has 3 rings (SSSR count). The number of hydrogen-bond acceptors (Lipinski definition) is 2. The summed E-state index contributed by atoms with van der Waals surface area (Å²) in [5, 5.41) is 0. The second-order valence-electron chi connectivity index (χ2n) is 6.93. The maximum absolute atomic E-state index is 13.4. The SMILES string of the molecule is [CH3][Sn]([CH3])([CH3])[c]1ccc([C@H]2OC(c3ccccc3)=N[C@@H]2CF)cc1. The van der Waals surface area contributed by atoms with Gasteiger partial charge in [-0.25, -0.2) is 0 Å². The molecule has 2 aromatic carbocycles. The topological polar surface area (TPSA) is 21.6 Å². The predicted molar refractivity (Wildman–Crippen MR) is 96.0 cm³/mol. The Balaban J connectivity index is 1.84. The molecule has 2 atom stereocenters. The third-order valence-electron chi connectivity index (χ3n) is 4.16. The summed E-state index contributed by atoms with van der Waals surface area (Å²) in [5.41, 5.74) is 1.90. The molecule has 2 nitrogen and oxygen atoms in total. The van der Waals surface area contributed by atoms with Gasteiger partial charge in [-0.05, 0) is 0 Å². The molecule has 120 valence electrons. The first kappa shape index (κ1) is 16.5. The molecule has 0 spiro atoms. The van der Waals surface area contributed by atoms with Crippen LogP contribution >= 0.6 is 0 Å². The third kappa shape index (κ3) is 3.60. The van der Waals surface area contributed by atoms with Gasteiger partial charge in [-0.15, -0.1) is 0 Å². The van der Waals surface area contributed by atoms with Crippen LogP contribution in [-0.2, 0) is 4.74 Å². The molecule has 0 saturated carbocycles. The van der Waals surface area contributed by atoms with Crippen molar-refractivity contribution in [3.8, 4) is 0 Å². The number of aliphatic imine (C=N–C) groups is 1. The Labute approximate surface area is 141 Å². The molecule has 1 heterocycles. The number of rotatable bonds is 4. The number of alkyl halides is 1. The molecule has 1 aliphatic heterocycles. The van der Waals surface area contributed by atoms with Crippen LogP contribution in [0.4, 0.5) is 4.39 Å². The second-order valence-corrected chi connectivity index (χ2v) is 21.4. The monoisotopic (exact) mass is 419 g/mol. The Bertz CT molecular complexity index is 692. The minimum absolute atomic E-state index is 0.334. The van der Waals surface area contributed by atoms with Gasteiger partial charge in [0.1, 0.15) is 0 Å². The van der Waals surface area contributed by atoms with Crippen LogP contribution in [0, 0.1) is 0 Å². The van der Waals surface area contributed by atoms with E-state index in [-0.39, 0.29) is 6.10 Å². The quantitative estimate of drug-likeness (QED) is 0.686. The fourth-order valence-electron chi connectivity index (χ4n) is 2.75. The molecule has 0 amide bonds. The average Bonchev–Trinajstić information content (AvgIpc) is 2.99. The molecule has 0 radical (unpaired) electrons. The van der Waals surface area contributed by atoms with Crippen LogP contribution < -0.4 is 3.58 Å². The van der Waals surface area contributed by atoms with E-state index in [2.05, 4.69) is 44.1 Å². The summed E-state index contributed by atoms with van der Waals surface area (Å²) in [6, 6.07) is 17.8.